The van der Waals surface area contributed by atoms with Crippen LogP contribution in [-0.2, 0) is 38.7 Å². The molecule has 13 heteroatoms. The fraction of sp³-hybridized carbons (Fsp3) is 0.849. The highest BCUT2D eigenvalue weighted by atomic mass is 32.2. The van der Waals surface area contributed by atoms with Gasteiger partial charge in [0.15, 0.2) is 12.4 Å². The van der Waals surface area contributed by atoms with Gasteiger partial charge in [0.1, 0.15) is 36.8 Å². The van der Waals surface area contributed by atoms with E-state index >= 15 is 0 Å². The molecule has 0 aliphatic carbocycles. The number of aliphatic hydroxyl groups is 3. The molecular formula is C53H96O12S. The van der Waals surface area contributed by atoms with Crippen molar-refractivity contribution in [3.8, 4) is 0 Å². The van der Waals surface area contributed by atoms with E-state index in [-0.39, 0.29) is 19.4 Å². The third kappa shape index (κ3) is 36.9. The van der Waals surface area contributed by atoms with E-state index in [2.05, 4.69) is 50.3 Å². The van der Waals surface area contributed by atoms with Gasteiger partial charge in [0.2, 0.25) is 0 Å². The maximum Gasteiger partial charge on any atom is 0.306 e. The number of allylic oxidation sites excluding steroid dienone is 6. The Morgan fingerprint density at radius 3 is 1.35 bits per heavy atom. The Hall–Kier alpha value is -2.13. The van der Waals surface area contributed by atoms with Crippen LogP contribution in [0.25, 0.3) is 0 Å². The Labute approximate surface area is 401 Å². The lowest BCUT2D eigenvalue weighted by Gasteiger charge is -2.40. The van der Waals surface area contributed by atoms with E-state index in [1.165, 1.54) is 141 Å². The van der Waals surface area contributed by atoms with E-state index in [1.54, 1.807) is 0 Å². The summed E-state index contributed by atoms with van der Waals surface area (Å²) >= 11 is 0. The van der Waals surface area contributed by atoms with Gasteiger partial charge in [0.05, 0.1) is 6.61 Å². The molecule has 1 rings (SSSR count). The second-order valence-corrected chi connectivity index (χ2v) is 20.0. The molecular weight excluding hydrogens is 861 g/mol. The van der Waals surface area contributed by atoms with Gasteiger partial charge >= 0.3 is 11.9 Å². The summed E-state index contributed by atoms with van der Waals surface area (Å²) in [5.41, 5.74) is 0. The van der Waals surface area contributed by atoms with Crippen molar-refractivity contribution in [3.05, 3.63) is 36.5 Å². The van der Waals surface area contributed by atoms with Gasteiger partial charge in [-0.15, -0.1) is 0 Å². The molecule has 0 radical (unpaired) electrons. The summed E-state index contributed by atoms with van der Waals surface area (Å²) in [6.07, 6.45) is 42.0. The fourth-order valence-corrected chi connectivity index (χ4v) is 8.74. The number of esters is 2. The molecule has 1 heterocycles. The second kappa shape index (κ2) is 42.9. The summed E-state index contributed by atoms with van der Waals surface area (Å²) in [6, 6.07) is 0. The van der Waals surface area contributed by atoms with Crippen LogP contribution in [-0.4, -0.2) is 96.0 Å². The van der Waals surface area contributed by atoms with Crippen LogP contribution in [0.1, 0.15) is 232 Å². The zero-order chi connectivity index (χ0) is 48.4. The van der Waals surface area contributed by atoms with Crippen molar-refractivity contribution in [2.24, 2.45) is 0 Å². The molecule has 0 aromatic carbocycles. The van der Waals surface area contributed by atoms with Crippen LogP contribution in [0, 0.1) is 0 Å². The maximum atomic E-state index is 12.9. The average Bonchev–Trinajstić information content (AvgIpc) is 3.28. The van der Waals surface area contributed by atoms with Gasteiger partial charge in [-0.1, -0.05) is 185 Å². The van der Waals surface area contributed by atoms with Crippen LogP contribution in [0.4, 0.5) is 0 Å². The zero-order valence-corrected chi connectivity index (χ0v) is 42.4. The van der Waals surface area contributed by atoms with E-state index in [0.29, 0.717) is 19.3 Å². The molecule has 1 saturated heterocycles. The molecule has 0 amide bonds. The van der Waals surface area contributed by atoms with Crippen molar-refractivity contribution in [1.29, 1.82) is 0 Å². The number of hydrogen-bond acceptors (Lipinski definition) is 11. The van der Waals surface area contributed by atoms with Crippen LogP contribution in [0.5, 0.6) is 0 Å². The van der Waals surface area contributed by atoms with Crippen molar-refractivity contribution in [1.82, 2.24) is 0 Å². The molecule has 4 N–H and O–H groups in total. The molecule has 0 aromatic heterocycles. The van der Waals surface area contributed by atoms with E-state index in [4.69, 9.17) is 18.9 Å². The molecule has 1 aliphatic heterocycles. The number of unbranched alkanes of at least 4 members (excludes halogenated alkanes) is 27. The van der Waals surface area contributed by atoms with Gasteiger partial charge in [-0.2, -0.15) is 8.42 Å². The lowest BCUT2D eigenvalue weighted by Crippen LogP contribution is -2.60. The Kier molecular flexibility index (Phi) is 40.3. The van der Waals surface area contributed by atoms with Gasteiger partial charge in [0.25, 0.3) is 10.1 Å². The highest BCUT2D eigenvalue weighted by Gasteiger charge is 2.46. The van der Waals surface area contributed by atoms with Gasteiger partial charge in [0, 0.05) is 12.8 Å². The molecule has 0 spiro atoms. The largest absolute Gasteiger partial charge is 0.462 e. The average molecular weight is 957 g/mol. The first kappa shape index (κ1) is 61.9. The Bertz CT molecular complexity index is 1350. The predicted molar refractivity (Wildman–Crippen MR) is 266 cm³/mol. The van der Waals surface area contributed by atoms with Gasteiger partial charge in [-0.3, -0.25) is 14.1 Å². The van der Waals surface area contributed by atoms with Crippen LogP contribution >= 0.6 is 0 Å². The number of carbonyl (C=O) groups is 2. The zero-order valence-electron chi connectivity index (χ0n) is 41.6. The molecule has 386 valence electrons. The highest BCUT2D eigenvalue weighted by molar-refractivity contribution is 7.85. The number of aliphatic hydroxyl groups excluding tert-OH is 3. The molecule has 0 saturated carbocycles. The van der Waals surface area contributed by atoms with Crippen molar-refractivity contribution < 1.29 is 56.8 Å². The molecule has 66 heavy (non-hydrogen) atoms. The summed E-state index contributed by atoms with van der Waals surface area (Å²) in [5.74, 6) is -2.05. The first-order valence-corrected chi connectivity index (χ1v) is 28.2. The van der Waals surface area contributed by atoms with Crippen LogP contribution in [0.2, 0.25) is 0 Å². The SMILES string of the molecule is CCCCCCCCCC/C=C/CCCCCC(=O)OC[C@H](CO[C@H]1O[C@H](CS(=O)(=O)O)[C@@H](O)C(O)C1O)OC(=O)CCC/C=C/CC/C=C/CCCCCCCCCCCCCCCC. The third-order valence-electron chi connectivity index (χ3n) is 12.2. The van der Waals surface area contributed by atoms with Gasteiger partial charge in [-0.05, 0) is 70.6 Å². The van der Waals surface area contributed by atoms with Gasteiger partial charge < -0.3 is 34.3 Å². The summed E-state index contributed by atoms with van der Waals surface area (Å²) in [7, 11) is -4.61. The van der Waals surface area contributed by atoms with E-state index in [0.717, 1.165) is 44.9 Å². The minimum atomic E-state index is -4.61. The summed E-state index contributed by atoms with van der Waals surface area (Å²) in [5, 5.41) is 31.0. The van der Waals surface area contributed by atoms with Crippen molar-refractivity contribution in [2.75, 3.05) is 19.0 Å². The Balaban J connectivity index is 2.38. The standard InChI is InChI=1S/C53H96O12S/c1-3-5-7-9-11-13-15-17-19-20-21-22-23-24-25-26-28-30-32-34-36-38-40-42-49(55)64-46(44-63-53-52(58)51(57)50(56)47(65-53)45-66(59,60)61)43-62-48(54)41-39-37-35-33-31-29-27-18-16-14-12-10-8-6-4-2/h26,28-29,31,34,36,46-47,50-53,56-58H,3-25,27,30,32-33,35,37-45H2,1-2H3,(H,59,60,61)/b28-26+,31-29+,36-34+/t46-,47-,50-,51?,52?,53+/m1/s1. The van der Waals surface area contributed by atoms with E-state index < -0.39 is 71.2 Å². The summed E-state index contributed by atoms with van der Waals surface area (Å²) in [4.78, 5) is 25.5. The molecule has 6 atom stereocenters. The first-order chi connectivity index (χ1) is 32.0. The minimum absolute atomic E-state index is 0.103. The van der Waals surface area contributed by atoms with Crippen molar-refractivity contribution >= 4 is 22.1 Å². The van der Waals surface area contributed by atoms with E-state index in [1.807, 2.05) is 0 Å². The normalized spacial score (nSPS) is 19.6. The molecule has 2 unspecified atom stereocenters. The first-order valence-electron chi connectivity index (χ1n) is 26.5. The summed E-state index contributed by atoms with van der Waals surface area (Å²) < 4.78 is 54.2. The Morgan fingerprint density at radius 2 is 0.894 bits per heavy atom. The minimum Gasteiger partial charge on any atom is -0.462 e. The second-order valence-electron chi connectivity index (χ2n) is 18.5. The maximum absolute atomic E-state index is 12.9. The Morgan fingerprint density at radius 1 is 0.500 bits per heavy atom. The number of carbonyl (C=O) groups excluding carboxylic acids is 2. The van der Waals surface area contributed by atoms with Crippen molar-refractivity contribution in [2.45, 2.75) is 269 Å². The van der Waals surface area contributed by atoms with Crippen LogP contribution in [0.3, 0.4) is 0 Å². The van der Waals surface area contributed by atoms with Crippen LogP contribution < -0.4 is 0 Å². The smallest absolute Gasteiger partial charge is 0.306 e. The van der Waals surface area contributed by atoms with E-state index in [9.17, 15) is 37.9 Å². The monoisotopic (exact) mass is 957 g/mol. The van der Waals surface area contributed by atoms with Gasteiger partial charge in [-0.25, -0.2) is 0 Å². The molecule has 1 fully saturated rings. The summed E-state index contributed by atoms with van der Waals surface area (Å²) in [6.45, 7) is 3.75. The fourth-order valence-electron chi connectivity index (χ4n) is 8.05. The molecule has 0 aromatic rings. The predicted octanol–water partition coefficient (Wildman–Crippen LogP) is 12.1. The lowest BCUT2D eigenvalue weighted by atomic mass is 10.00. The number of ether oxygens (including phenoxy) is 4. The molecule has 0 bridgehead atoms. The highest BCUT2D eigenvalue weighted by Crippen LogP contribution is 2.24. The molecule has 12 nitrogen and oxygen atoms in total. The lowest BCUT2D eigenvalue weighted by molar-refractivity contribution is -0.297. The van der Waals surface area contributed by atoms with Crippen LogP contribution in [0.15, 0.2) is 36.5 Å². The van der Waals surface area contributed by atoms with Crippen molar-refractivity contribution in [3.63, 3.8) is 0 Å². The quantitative estimate of drug-likeness (QED) is 0.0196. The molecule has 1 aliphatic rings. The topological polar surface area (TPSA) is 186 Å². The number of rotatable bonds is 45. The third-order valence-corrected chi connectivity index (χ3v) is 12.9. The number of hydrogen-bond donors (Lipinski definition) is 4.